The molecule has 0 amide bonds. The molecule has 88 valence electrons. The van der Waals surface area contributed by atoms with Crippen LogP contribution in [0.2, 0.25) is 0 Å². The summed E-state index contributed by atoms with van der Waals surface area (Å²) < 4.78 is 10.5. The summed E-state index contributed by atoms with van der Waals surface area (Å²) in [4.78, 5) is 10.6. The van der Waals surface area contributed by atoms with E-state index in [0.29, 0.717) is 5.88 Å². The number of anilines is 1. The molecule has 0 bridgehead atoms. The third kappa shape index (κ3) is 2.19. The van der Waals surface area contributed by atoms with Crippen LogP contribution < -0.4 is 5.32 Å². The molecule has 0 spiro atoms. The smallest absolute Gasteiger partial charge is 0.371 e. The van der Waals surface area contributed by atoms with Crippen LogP contribution in [0.1, 0.15) is 29.8 Å². The average molecular weight is 225 g/mol. The highest BCUT2D eigenvalue weighted by atomic mass is 16.5. The molecule has 1 heterocycles. The number of aromatic carboxylic acids is 1. The fourth-order valence-corrected chi connectivity index (χ4v) is 2.09. The zero-order chi connectivity index (χ0) is 11.5. The summed E-state index contributed by atoms with van der Waals surface area (Å²) in [6, 6.07) is 3.29. The maximum absolute atomic E-state index is 10.6. The second-order valence-corrected chi connectivity index (χ2v) is 3.92. The second-order valence-electron chi connectivity index (χ2n) is 3.92. The Kier molecular flexibility index (Phi) is 3.14. The van der Waals surface area contributed by atoms with Crippen LogP contribution in [-0.2, 0) is 4.74 Å². The highest BCUT2D eigenvalue weighted by Crippen LogP contribution is 2.25. The van der Waals surface area contributed by atoms with E-state index in [1.54, 1.807) is 13.2 Å². The van der Waals surface area contributed by atoms with Crippen LogP contribution in [0.3, 0.4) is 0 Å². The molecule has 0 saturated heterocycles. The first-order chi connectivity index (χ1) is 7.70. The monoisotopic (exact) mass is 225 g/mol. The van der Waals surface area contributed by atoms with Gasteiger partial charge in [-0.25, -0.2) is 4.79 Å². The molecule has 1 aliphatic carbocycles. The topological polar surface area (TPSA) is 71.7 Å². The van der Waals surface area contributed by atoms with Gasteiger partial charge in [0.15, 0.2) is 5.88 Å². The molecule has 0 aliphatic heterocycles. The van der Waals surface area contributed by atoms with Gasteiger partial charge in [-0.3, -0.25) is 0 Å². The molecule has 2 rings (SSSR count). The van der Waals surface area contributed by atoms with Crippen molar-refractivity contribution < 1.29 is 19.1 Å². The van der Waals surface area contributed by atoms with Gasteiger partial charge in [-0.15, -0.1) is 0 Å². The van der Waals surface area contributed by atoms with E-state index in [1.165, 1.54) is 6.07 Å². The molecule has 1 aromatic rings. The van der Waals surface area contributed by atoms with Crippen LogP contribution in [0.5, 0.6) is 0 Å². The SMILES string of the molecule is COC1CCCC1Nc1ccc(C(=O)O)o1. The molecule has 1 aliphatic rings. The van der Waals surface area contributed by atoms with Gasteiger partial charge in [0.2, 0.25) is 5.76 Å². The Balaban J connectivity index is 2.00. The van der Waals surface area contributed by atoms with Crippen LogP contribution in [0.4, 0.5) is 5.88 Å². The third-order valence-electron chi connectivity index (χ3n) is 2.90. The van der Waals surface area contributed by atoms with Crippen molar-refractivity contribution in [2.75, 3.05) is 12.4 Å². The highest BCUT2D eigenvalue weighted by molar-refractivity contribution is 5.84. The third-order valence-corrected chi connectivity index (χ3v) is 2.90. The normalized spacial score (nSPS) is 24.6. The molecule has 1 fully saturated rings. The maximum atomic E-state index is 10.6. The Labute approximate surface area is 93.4 Å². The molecule has 2 unspecified atom stereocenters. The predicted octanol–water partition coefficient (Wildman–Crippen LogP) is 1.96. The number of hydrogen-bond acceptors (Lipinski definition) is 4. The van der Waals surface area contributed by atoms with Gasteiger partial charge in [0.25, 0.3) is 0 Å². The highest BCUT2D eigenvalue weighted by Gasteiger charge is 2.27. The number of ether oxygens (including phenoxy) is 1. The average Bonchev–Trinajstić information content (AvgIpc) is 2.87. The van der Waals surface area contributed by atoms with Crippen molar-refractivity contribution in [3.8, 4) is 0 Å². The minimum atomic E-state index is -1.05. The number of carboxylic acid groups (broad SMARTS) is 1. The summed E-state index contributed by atoms with van der Waals surface area (Å²) >= 11 is 0. The molecular formula is C11H15NO4. The number of hydrogen-bond donors (Lipinski definition) is 2. The second kappa shape index (κ2) is 4.57. The summed E-state index contributed by atoms with van der Waals surface area (Å²) in [5.41, 5.74) is 0. The predicted molar refractivity (Wildman–Crippen MR) is 57.7 cm³/mol. The van der Waals surface area contributed by atoms with Crippen molar-refractivity contribution in [3.05, 3.63) is 17.9 Å². The van der Waals surface area contributed by atoms with Gasteiger partial charge in [0.05, 0.1) is 12.1 Å². The Morgan fingerprint density at radius 3 is 3.00 bits per heavy atom. The summed E-state index contributed by atoms with van der Waals surface area (Å²) in [5, 5.41) is 11.9. The van der Waals surface area contributed by atoms with Crippen molar-refractivity contribution >= 4 is 11.9 Å². The first kappa shape index (κ1) is 11.0. The molecule has 0 aromatic carbocycles. The van der Waals surface area contributed by atoms with Crippen LogP contribution in [0.15, 0.2) is 16.5 Å². The van der Waals surface area contributed by atoms with E-state index < -0.39 is 5.97 Å². The summed E-state index contributed by atoms with van der Waals surface area (Å²) in [6.07, 6.45) is 3.34. The Morgan fingerprint density at radius 2 is 2.38 bits per heavy atom. The molecule has 1 saturated carbocycles. The number of methoxy groups -OCH3 is 1. The molecule has 5 heteroatoms. The van der Waals surface area contributed by atoms with Gasteiger partial charge >= 0.3 is 5.97 Å². The standard InChI is InChI=1S/C11H15NO4/c1-15-8-4-2-3-7(8)12-10-6-5-9(16-10)11(13)14/h5-8,12H,2-4H2,1H3,(H,13,14). The lowest BCUT2D eigenvalue weighted by molar-refractivity contribution is 0.0663. The van der Waals surface area contributed by atoms with Crippen molar-refractivity contribution in [1.29, 1.82) is 0 Å². The van der Waals surface area contributed by atoms with Gasteiger partial charge in [-0.1, -0.05) is 0 Å². The van der Waals surface area contributed by atoms with E-state index in [2.05, 4.69) is 5.32 Å². The maximum Gasteiger partial charge on any atom is 0.371 e. The largest absolute Gasteiger partial charge is 0.475 e. The van der Waals surface area contributed by atoms with Gasteiger partial charge < -0.3 is 19.6 Å². The quantitative estimate of drug-likeness (QED) is 0.819. The zero-order valence-corrected chi connectivity index (χ0v) is 9.10. The number of nitrogens with one attached hydrogen (secondary N) is 1. The molecule has 2 atom stereocenters. The first-order valence-corrected chi connectivity index (χ1v) is 5.33. The summed E-state index contributed by atoms with van der Waals surface area (Å²) in [5.74, 6) is -0.608. The first-order valence-electron chi connectivity index (χ1n) is 5.33. The Hall–Kier alpha value is -1.49. The van der Waals surface area contributed by atoms with E-state index in [0.717, 1.165) is 19.3 Å². The fraction of sp³-hybridized carbons (Fsp3) is 0.545. The summed E-state index contributed by atoms with van der Waals surface area (Å²) in [7, 11) is 1.69. The van der Waals surface area contributed by atoms with E-state index >= 15 is 0 Å². The van der Waals surface area contributed by atoms with E-state index in [-0.39, 0.29) is 17.9 Å². The van der Waals surface area contributed by atoms with E-state index in [1.807, 2.05) is 0 Å². The van der Waals surface area contributed by atoms with Crippen LogP contribution in [-0.4, -0.2) is 30.3 Å². The van der Waals surface area contributed by atoms with Crippen molar-refractivity contribution in [2.45, 2.75) is 31.4 Å². The van der Waals surface area contributed by atoms with Gasteiger partial charge in [-0.2, -0.15) is 0 Å². The van der Waals surface area contributed by atoms with E-state index in [4.69, 9.17) is 14.3 Å². The van der Waals surface area contributed by atoms with E-state index in [9.17, 15) is 4.79 Å². The number of carbonyl (C=O) groups is 1. The molecule has 16 heavy (non-hydrogen) atoms. The van der Waals surface area contributed by atoms with Gasteiger partial charge in [0, 0.05) is 13.2 Å². The summed E-state index contributed by atoms with van der Waals surface area (Å²) in [6.45, 7) is 0. The van der Waals surface area contributed by atoms with Crippen molar-refractivity contribution in [2.24, 2.45) is 0 Å². The molecule has 2 N–H and O–H groups in total. The van der Waals surface area contributed by atoms with Gasteiger partial charge in [-0.05, 0) is 25.3 Å². The molecular weight excluding hydrogens is 210 g/mol. The number of furan rings is 1. The Bertz CT molecular complexity index is 374. The molecule has 1 aromatic heterocycles. The Morgan fingerprint density at radius 1 is 1.56 bits per heavy atom. The van der Waals surface area contributed by atoms with Crippen LogP contribution >= 0.6 is 0 Å². The van der Waals surface area contributed by atoms with Crippen molar-refractivity contribution in [1.82, 2.24) is 0 Å². The lowest BCUT2D eigenvalue weighted by Crippen LogP contribution is -2.29. The lowest BCUT2D eigenvalue weighted by Gasteiger charge is -2.18. The molecule has 5 nitrogen and oxygen atoms in total. The van der Waals surface area contributed by atoms with Crippen molar-refractivity contribution in [3.63, 3.8) is 0 Å². The van der Waals surface area contributed by atoms with Crippen LogP contribution in [0.25, 0.3) is 0 Å². The van der Waals surface area contributed by atoms with Gasteiger partial charge in [0.1, 0.15) is 0 Å². The zero-order valence-electron chi connectivity index (χ0n) is 9.10. The van der Waals surface area contributed by atoms with Crippen LogP contribution in [0, 0.1) is 0 Å². The number of rotatable bonds is 4. The fourth-order valence-electron chi connectivity index (χ4n) is 2.09. The minimum Gasteiger partial charge on any atom is -0.475 e. The number of carboxylic acids is 1. The molecule has 0 radical (unpaired) electrons. The lowest BCUT2D eigenvalue weighted by atomic mass is 10.2. The minimum absolute atomic E-state index is 0.0468.